The van der Waals surface area contributed by atoms with Gasteiger partial charge in [-0.25, -0.2) is 4.79 Å². The van der Waals surface area contributed by atoms with Gasteiger partial charge in [0.05, 0.1) is 12.7 Å². The molecule has 0 bridgehead atoms. The Morgan fingerprint density at radius 1 is 1.19 bits per heavy atom. The highest BCUT2D eigenvalue weighted by Gasteiger charge is 2.08. The summed E-state index contributed by atoms with van der Waals surface area (Å²) < 4.78 is 5.79. The van der Waals surface area contributed by atoms with Crippen LogP contribution in [0.15, 0.2) is 53.0 Å². The zero-order valence-electron chi connectivity index (χ0n) is 12.1. The number of hydrogen-bond acceptors (Lipinski definition) is 3. The Bertz CT molecular complexity index is 610. The number of carbonyl (C=O) groups excluding carboxylic acids is 1. The van der Waals surface area contributed by atoms with Gasteiger partial charge in [-0.05, 0) is 36.2 Å². The van der Waals surface area contributed by atoms with Crippen LogP contribution in [0.2, 0.25) is 0 Å². The first-order valence-corrected chi connectivity index (χ1v) is 7.56. The molecule has 0 unspecified atom stereocenters. The maximum absolute atomic E-state index is 11.4. The van der Waals surface area contributed by atoms with Crippen molar-refractivity contribution >= 4 is 21.9 Å². The van der Waals surface area contributed by atoms with Crippen LogP contribution in [0.1, 0.15) is 34.5 Å². The summed E-state index contributed by atoms with van der Waals surface area (Å²) in [5.41, 5.74) is 2.92. The predicted molar refractivity (Wildman–Crippen MR) is 87.2 cm³/mol. The minimum Gasteiger partial charge on any atom is -0.465 e. The van der Waals surface area contributed by atoms with Crippen molar-refractivity contribution in [2.75, 3.05) is 7.11 Å². The predicted octanol–water partition coefficient (Wildman–Crippen LogP) is 4.09. The molecule has 3 nitrogen and oxygen atoms in total. The van der Waals surface area contributed by atoms with E-state index in [0.29, 0.717) is 5.56 Å². The highest BCUT2D eigenvalue weighted by Crippen LogP contribution is 2.23. The number of esters is 1. The smallest absolute Gasteiger partial charge is 0.337 e. The molecule has 0 amide bonds. The zero-order valence-corrected chi connectivity index (χ0v) is 13.7. The monoisotopic (exact) mass is 347 g/mol. The van der Waals surface area contributed by atoms with E-state index in [9.17, 15) is 4.79 Å². The first-order chi connectivity index (χ1) is 10.1. The fourth-order valence-electron chi connectivity index (χ4n) is 2.08. The maximum Gasteiger partial charge on any atom is 0.337 e. The second kappa shape index (κ2) is 7.38. The van der Waals surface area contributed by atoms with Crippen molar-refractivity contribution in [1.82, 2.24) is 5.32 Å². The maximum atomic E-state index is 11.4. The molecule has 0 aliphatic rings. The second-order valence-electron chi connectivity index (χ2n) is 4.81. The topological polar surface area (TPSA) is 38.3 Å². The van der Waals surface area contributed by atoms with E-state index >= 15 is 0 Å². The molecular formula is C17H18BrNO2. The highest BCUT2D eigenvalue weighted by atomic mass is 79.9. The molecule has 21 heavy (non-hydrogen) atoms. The number of rotatable bonds is 5. The molecule has 0 saturated carbocycles. The number of hydrogen-bond donors (Lipinski definition) is 1. The van der Waals surface area contributed by atoms with Gasteiger partial charge < -0.3 is 10.1 Å². The fourth-order valence-corrected chi connectivity index (χ4v) is 2.71. The molecule has 1 N–H and O–H groups in total. The van der Waals surface area contributed by atoms with Crippen LogP contribution in [0, 0.1) is 0 Å². The summed E-state index contributed by atoms with van der Waals surface area (Å²) in [5, 5.41) is 3.47. The number of benzene rings is 2. The largest absolute Gasteiger partial charge is 0.465 e. The Labute approximate surface area is 133 Å². The van der Waals surface area contributed by atoms with Gasteiger partial charge in [-0.2, -0.15) is 0 Å². The number of carbonyl (C=O) groups is 1. The van der Waals surface area contributed by atoms with Crippen molar-refractivity contribution in [3.8, 4) is 0 Å². The normalized spacial score (nSPS) is 12.0. The molecular weight excluding hydrogens is 330 g/mol. The van der Waals surface area contributed by atoms with Crippen molar-refractivity contribution < 1.29 is 9.53 Å². The van der Waals surface area contributed by atoms with Crippen LogP contribution in [0.25, 0.3) is 0 Å². The number of nitrogens with one attached hydrogen (secondary N) is 1. The molecule has 0 saturated heterocycles. The lowest BCUT2D eigenvalue weighted by Crippen LogP contribution is -2.18. The van der Waals surface area contributed by atoms with Gasteiger partial charge in [0.1, 0.15) is 0 Å². The van der Waals surface area contributed by atoms with E-state index in [-0.39, 0.29) is 12.0 Å². The Morgan fingerprint density at radius 3 is 2.48 bits per heavy atom. The molecule has 2 aromatic rings. The first kappa shape index (κ1) is 15.7. The van der Waals surface area contributed by atoms with E-state index in [1.54, 1.807) is 12.1 Å². The average Bonchev–Trinajstić information content (AvgIpc) is 2.52. The van der Waals surface area contributed by atoms with Crippen LogP contribution in [0.5, 0.6) is 0 Å². The van der Waals surface area contributed by atoms with Crippen LogP contribution >= 0.6 is 15.9 Å². The van der Waals surface area contributed by atoms with Gasteiger partial charge in [0, 0.05) is 17.1 Å². The van der Waals surface area contributed by atoms with Gasteiger partial charge in [-0.1, -0.05) is 46.3 Å². The van der Waals surface area contributed by atoms with E-state index in [0.717, 1.165) is 16.6 Å². The van der Waals surface area contributed by atoms with Crippen LogP contribution in [-0.4, -0.2) is 13.1 Å². The summed E-state index contributed by atoms with van der Waals surface area (Å²) in [4.78, 5) is 11.4. The SMILES string of the molecule is COC(=O)c1ccc(CN[C@@H](C)c2ccccc2Br)cc1. The number of ether oxygens (including phenoxy) is 1. The Balaban J connectivity index is 1.97. The van der Waals surface area contributed by atoms with Gasteiger partial charge >= 0.3 is 5.97 Å². The lowest BCUT2D eigenvalue weighted by molar-refractivity contribution is 0.0600. The standard InChI is InChI=1S/C17H18BrNO2/c1-12(15-5-3-4-6-16(15)18)19-11-13-7-9-14(10-8-13)17(20)21-2/h3-10,12,19H,11H2,1-2H3/t12-/m0/s1. The van der Waals surface area contributed by atoms with E-state index in [1.807, 2.05) is 30.3 Å². The first-order valence-electron chi connectivity index (χ1n) is 6.77. The minimum atomic E-state index is -0.309. The van der Waals surface area contributed by atoms with E-state index in [2.05, 4.69) is 39.0 Å². The molecule has 1 atom stereocenters. The Hall–Kier alpha value is -1.65. The van der Waals surface area contributed by atoms with Gasteiger partial charge in [-0.15, -0.1) is 0 Å². The average molecular weight is 348 g/mol. The molecule has 4 heteroatoms. The fraction of sp³-hybridized carbons (Fsp3) is 0.235. The van der Waals surface area contributed by atoms with Crippen molar-refractivity contribution in [2.24, 2.45) is 0 Å². The molecule has 0 spiro atoms. The van der Waals surface area contributed by atoms with Crippen LogP contribution in [0.4, 0.5) is 0 Å². The van der Waals surface area contributed by atoms with Gasteiger partial charge in [0.15, 0.2) is 0 Å². The van der Waals surface area contributed by atoms with E-state index in [4.69, 9.17) is 0 Å². The Kier molecular flexibility index (Phi) is 5.53. The Morgan fingerprint density at radius 2 is 1.86 bits per heavy atom. The summed E-state index contributed by atoms with van der Waals surface area (Å²) in [6, 6.07) is 15.9. The molecule has 2 rings (SSSR count). The summed E-state index contributed by atoms with van der Waals surface area (Å²) in [6.07, 6.45) is 0. The summed E-state index contributed by atoms with van der Waals surface area (Å²) in [6.45, 7) is 2.87. The minimum absolute atomic E-state index is 0.237. The number of methoxy groups -OCH3 is 1. The lowest BCUT2D eigenvalue weighted by Gasteiger charge is -2.16. The van der Waals surface area contributed by atoms with E-state index < -0.39 is 0 Å². The van der Waals surface area contributed by atoms with Crippen molar-refractivity contribution in [2.45, 2.75) is 19.5 Å². The molecule has 0 aromatic heterocycles. The second-order valence-corrected chi connectivity index (χ2v) is 5.67. The van der Waals surface area contributed by atoms with Crippen LogP contribution in [-0.2, 0) is 11.3 Å². The van der Waals surface area contributed by atoms with Gasteiger partial charge in [-0.3, -0.25) is 0 Å². The lowest BCUT2D eigenvalue weighted by atomic mass is 10.1. The zero-order chi connectivity index (χ0) is 15.2. The molecule has 0 fully saturated rings. The van der Waals surface area contributed by atoms with Crippen molar-refractivity contribution in [3.05, 3.63) is 69.7 Å². The quantitative estimate of drug-likeness (QED) is 0.828. The third kappa shape index (κ3) is 4.16. The van der Waals surface area contributed by atoms with Crippen molar-refractivity contribution in [1.29, 1.82) is 0 Å². The highest BCUT2D eigenvalue weighted by molar-refractivity contribution is 9.10. The molecule has 110 valence electrons. The third-order valence-corrected chi connectivity index (χ3v) is 4.08. The molecule has 0 aliphatic heterocycles. The number of halogens is 1. The van der Waals surface area contributed by atoms with Gasteiger partial charge in [0.2, 0.25) is 0 Å². The van der Waals surface area contributed by atoms with Crippen molar-refractivity contribution in [3.63, 3.8) is 0 Å². The van der Waals surface area contributed by atoms with E-state index in [1.165, 1.54) is 12.7 Å². The summed E-state index contributed by atoms with van der Waals surface area (Å²) in [5.74, 6) is -0.309. The summed E-state index contributed by atoms with van der Waals surface area (Å²) >= 11 is 3.57. The molecule has 0 heterocycles. The molecule has 0 radical (unpaired) electrons. The molecule has 0 aliphatic carbocycles. The summed E-state index contributed by atoms with van der Waals surface area (Å²) in [7, 11) is 1.39. The molecule has 2 aromatic carbocycles. The van der Waals surface area contributed by atoms with Crippen LogP contribution < -0.4 is 5.32 Å². The van der Waals surface area contributed by atoms with Crippen LogP contribution in [0.3, 0.4) is 0 Å². The van der Waals surface area contributed by atoms with Gasteiger partial charge in [0.25, 0.3) is 0 Å². The third-order valence-electron chi connectivity index (χ3n) is 3.36.